The van der Waals surface area contributed by atoms with E-state index in [1.165, 1.54) is 24.5 Å². The van der Waals surface area contributed by atoms with Crippen molar-refractivity contribution in [3.8, 4) is 0 Å². The molecular formula is C13H12N2O3S. The summed E-state index contributed by atoms with van der Waals surface area (Å²) in [6.07, 6.45) is 1.53. The summed E-state index contributed by atoms with van der Waals surface area (Å²) in [5.74, 6) is -1.37. The number of primary amides is 1. The summed E-state index contributed by atoms with van der Waals surface area (Å²) in [6, 6.07) is 8.63. The number of carbonyl (C=O) groups is 2. The largest absolute Gasteiger partial charge is 0.436 e. The molecule has 2 rings (SSSR count). The molecule has 0 radical (unpaired) electrons. The lowest BCUT2D eigenvalue weighted by molar-refractivity contribution is -0.162. The summed E-state index contributed by atoms with van der Waals surface area (Å²) in [5.41, 5.74) is 4.31. The minimum atomic E-state index is -1.67. The van der Waals surface area contributed by atoms with Crippen LogP contribution in [0.1, 0.15) is 17.5 Å². The summed E-state index contributed by atoms with van der Waals surface area (Å²) in [5, 5.41) is 2.03. The van der Waals surface area contributed by atoms with Gasteiger partial charge in [-0.15, -0.1) is 11.3 Å². The van der Waals surface area contributed by atoms with Crippen LogP contribution in [0.5, 0.6) is 0 Å². The summed E-state index contributed by atoms with van der Waals surface area (Å²) < 4.78 is 5.26. The Hall–Kier alpha value is -2.21. The van der Waals surface area contributed by atoms with E-state index >= 15 is 0 Å². The highest BCUT2D eigenvalue weighted by molar-refractivity contribution is 7.09. The first kappa shape index (κ1) is 13.2. The van der Waals surface area contributed by atoms with Crippen molar-refractivity contribution in [2.45, 2.75) is 12.5 Å². The van der Waals surface area contributed by atoms with E-state index in [1.54, 1.807) is 35.7 Å². The number of benzene rings is 1. The molecule has 1 aromatic carbocycles. The van der Waals surface area contributed by atoms with E-state index in [2.05, 4.69) is 4.98 Å². The normalized spacial score (nSPS) is 13.5. The van der Waals surface area contributed by atoms with Crippen LogP contribution in [-0.4, -0.2) is 16.9 Å². The minimum absolute atomic E-state index is 0.335. The molecule has 6 heteroatoms. The Morgan fingerprint density at radius 1 is 1.32 bits per heavy atom. The van der Waals surface area contributed by atoms with Crippen molar-refractivity contribution in [2.24, 2.45) is 5.73 Å². The Morgan fingerprint density at radius 3 is 2.47 bits per heavy atom. The number of esters is 1. The molecule has 0 saturated carbocycles. The Kier molecular flexibility index (Phi) is 3.62. The highest BCUT2D eigenvalue weighted by Gasteiger charge is 2.46. The Bertz CT molecular complexity index is 583. The lowest BCUT2D eigenvalue weighted by atomic mass is 9.93. The first-order chi connectivity index (χ1) is 9.07. The zero-order chi connectivity index (χ0) is 13.9. The van der Waals surface area contributed by atoms with Gasteiger partial charge >= 0.3 is 5.97 Å². The van der Waals surface area contributed by atoms with Crippen LogP contribution in [0.3, 0.4) is 0 Å². The van der Waals surface area contributed by atoms with Crippen LogP contribution in [0.4, 0.5) is 0 Å². The number of thiazole rings is 1. The van der Waals surface area contributed by atoms with Crippen molar-refractivity contribution in [1.29, 1.82) is 0 Å². The predicted octanol–water partition coefficient (Wildman–Crippen LogP) is 1.44. The molecule has 2 N–H and O–H groups in total. The van der Waals surface area contributed by atoms with Crippen molar-refractivity contribution >= 4 is 23.2 Å². The number of hydrogen-bond acceptors (Lipinski definition) is 5. The molecule has 2 aromatic rings. The van der Waals surface area contributed by atoms with E-state index in [-0.39, 0.29) is 0 Å². The fourth-order valence-electron chi connectivity index (χ4n) is 1.81. The average Bonchev–Trinajstić information content (AvgIpc) is 2.90. The van der Waals surface area contributed by atoms with E-state index in [4.69, 9.17) is 10.5 Å². The Morgan fingerprint density at radius 2 is 2.00 bits per heavy atom. The predicted molar refractivity (Wildman–Crippen MR) is 70.3 cm³/mol. The number of aromatic nitrogens is 1. The Balaban J connectivity index is 2.66. The van der Waals surface area contributed by atoms with Crippen molar-refractivity contribution in [1.82, 2.24) is 4.98 Å². The minimum Gasteiger partial charge on any atom is -0.436 e. The van der Waals surface area contributed by atoms with Gasteiger partial charge < -0.3 is 10.5 Å². The van der Waals surface area contributed by atoms with Gasteiger partial charge in [0.1, 0.15) is 0 Å². The molecule has 19 heavy (non-hydrogen) atoms. The smallest absolute Gasteiger partial charge is 0.304 e. The molecule has 1 aromatic heterocycles. The summed E-state index contributed by atoms with van der Waals surface area (Å²) in [6.45, 7) is 1.23. The summed E-state index contributed by atoms with van der Waals surface area (Å²) in [4.78, 5) is 27.4. The van der Waals surface area contributed by atoms with Gasteiger partial charge in [-0.2, -0.15) is 0 Å². The van der Waals surface area contributed by atoms with Crippen LogP contribution < -0.4 is 5.73 Å². The van der Waals surface area contributed by atoms with E-state index in [9.17, 15) is 9.59 Å². The lowest BCUT2D eigenvalue weighted by Crippen LogP contribution is -2.45. The fraction of sp³-hybridized carbons (Fsp3) is 0.154. The molecule has 1 amide bonds. The Labute approximate surface area is 114 Å². The van der Waals surface area contributed by atoms with E-state index in [1.807, 2.05) is 0 Å². The molecule has 0 saturated heterocycles. The number of hydrogen-bond donors (Lipinski definition) is 1. The van der Waals surface area contributed by atoms with Crippen LogP contribution in [0.15, 0.2) is 41.9 Å². The number of nitrogens with zero attached hydrogens (tertiary/aromatic N) is 1. The molecule has 1 atom stereocenters. The van der Waals surface area contributed by atoms with Crippen LogP contribution in [-0.2, 0) is 19.9 Å². The second-order valence-electron chi connectivity index (χ2n) is 3.84. The van der Waals surface area contributed by atoms with Crippen molar-refractivity contribution in [3.63, 3.8) is 0 Å². The van der Waals surface area contributed by atoms with Gasteiger partial charge in [0.15, 0.2) is 5.01 Å². The number of nitrogens with two attached hydrogens (primary N) is 1. The van der Waals surface area contributed by atoms with Gasteiger partial charge in [0.25, 0.3) is 11.5 Å². The first-order valence-electron chi connectivity index (χ1n) is 5.52. The van der Waals surface area contributed by atoms with Crippen LogP contribution in [0.25, 0.3) is 0 Å². The van der Waals surface area contributed by atoms with Crippen LogP contribution >= 0.6 is 11.3 Å². The van der Waals surface area contributed by atoms with Gasteiger partial charge in [-0.25, -0.2) is 4.98 Å². The molecule has 0 bridgehead atoms. The monoisotopic (exact) mass is 276 g/mol. The maximum absolute atomic E-state index is 12.0. The summed E-state index contributed by atoms with van der Waals surface area (Å²) >= 11 is 1.21. The maximum Gasteiger partial charge on any atom is 0.304 e. The second kappa shape index (κ2) is 5.19. The molecule has 0 fully saturated rings. The maximum atomic E-state index is 12.0. The zero-order valence-electron chi connectivity index (χ0n) is 10.2. The van der Waals surface area contributed by atoms with Gasteiger partial charge in [-0.1, -0.05) is 30.3 Å². The second-order valence-corrected chi connectivity index (χ2v) is 4.74. The zero-order valence-corrected chi connectivity index (χ0v) is 11.0. The van der Waals surface area contributed by atoms with Gasteiger partial charge in [0, 0.05) is 24.1 Å². The van der Waals surface area contributed by atoms with Crippen molar-refractivity contribution < 1.29 is 14.3 Å². The molecular weight excluding hydrogens is 264 g/mol. The van der Waals surface area contributed by atoms with Gasteiger partial charge in [0.05, 0.1) is 0 Å². The fourth-order valence-corrected chi connectivity index (χ4v) is 2.61. The van der Waals surface area contributed by atoms with Crippen LogP contribution in [0, 0.1) is 0 Å². The third-order valence-electron chi connectivity index (χ3n) is 2.56. The van der Waals surface area contributed by atoms with E-state index in [0.29, 0.717) is 10.6 Å². The topological polar surface area (TPSA) is 82.3 Å². The molecule has 0 spiro atoms. The molecule has 0 aliphatic rings. The highest BCUT2D eigenvalue weighted by atomic mass is 32.1. The van der Waals surface area contributed by atoms with Crippen molar-refractivity contribution in [2.75, 3.05) is 0 Å². The van der Waals surface area contributed by atoms with E-state index < -0.39 is 17.5 Å². The molecule has 1 heterocycles. The van der Waals surface area contributed by atoms with Gasteiger partial charge in [-0.3, -0.25) is 9.59 Å². The molecule has 98 valence electrons. The first-order valence-corrected chi connectivity index (χ1v) is 6.40. The highest BCUT2D eigenvalue weighted by Crippen LogP contribution is 2.35. The average molecular weight is 276 g/mol. The summed E-state index contributed by atoms with van der Waals surface area (Å²) in [7, 11) is 0. The lowest BCUT2D eigenvalue weighted by Gasteiger charge is -2.28. The van der Waals surface area contributed by atoms with Gasteiger partial charge in [-0.05, 0) is 0 Å². The third kappa shape index (κ3) is 2.34. The van der Waals surface area contributed by atoms with E-state index in [0.717, 1.165) is 0 Å². The van der Waals surface area contributed by atoms with Gasteiger partial charge in [0.2, 0.25) is 0 Å². The third-order valence-corrected chi connectivity index (χ3v) is 3.43. The molecule has 1 unspecified atom stereocenters. The number of carbonyl (C=O) groups excluding carboxylic acids is 2. The molecule has 0 aliphatic heterocycles. The number of ether oxygens (including phenoxy) is 1. The number of amides is 1. The molecule has 5 nitrogen and oxygen atoms in total. The van der Waals surface area contributed by atoms with Crippen LogP contribution in [0.2, 0.25) is 0 Å². The molecule has 0 aliphatic carbocycles. The van der Waals surface area contributed by atoms with Crippen molar-refractivity contribution in [3.05, 3.63) is 52.5 Å². The standard InChI is InChI=1S/C13H12N2O3S/c1-9(16)18-13(11(14)17,12-15-7-8-19-12)10-5-3-2-4-6-10/h2-8H,1H3,(H2,14,17). The quantitative estimate of drug-likeness (QED) is 0.856. The number of rotatable bonds is 4. The SMILES string of the molecule is CC(=O)OC(C(N)=O)(c1ccccc1)c1nccs1.